The minimum atomic E-state index is 0.308. The highest BCUT2D eigenvalue weighted by Gasteiger charge is 1.90. The zero-order valence-electron chi connectivity index (χ0n) is 10.00. The van der Waals surface area contributed by atoms with Crippen molar-refractivity contribution in [2.24, 2.45) is 0 Å². The van der Waals surface area contributed by atoms with Crippen molar-refractivity contribution in [1.29, 1.82) is 0 Å². The van der Waals surface area contributed by atoms with Gasteiger partial charge >= 0.3 is 0 Å². The van der Waals surface area contributed by atoms with E-state index < -0.39 is 0 Å². The maximum atomic E-state index is 6.83. The van der Waals surface area contributed by atoms with Crippen LogP contribution in [0.4, 0.5) is 0 Å². The highest BCUT2D eigenvalue weighted by molar-refractivity contribution is 4.35. The minimum Gasteiger partial charge on any atom is -0.385 e. The van der Waals surface area contributed by atoms with Gasteiger partial charge in [0.2, 0.25) is 0 Å². The van der Waals surface area contributed by atoms with Crippen LogP contribution in [0.2, 0.25) is 0 Å². The van der Waals surface area contributed by atoms with Crippen LogP contribution in [0.3, 0.4) is 0 Å². The van der Waals surface area contributed by atoms with Crippen LogP contribution in [-0.4, -0.2) is 53.4 Å². The van der Waals surface area contributed by atoms with Gasteiger partial charge in [0.1, 0.15) is 0 Å². The molecule has 0 heterocycles. The van der Waals surface area contributed by atoms with Gasteiger partial charge in [0, 0.05) is 28.3 Å². The Morgan fingerprint density at radius 3 is 2.14 bits per heavy atom. The van der Waals surface area contributed by atoms with Crippen molar-refractivity contribution in [2.75, 3.05) is 53.4 Å². The Labute approximate surface area is 87.9 Å². The van der Waals surface area contributed by atoms with Crippen molar-refractivity contribution < 1.29 is 20.3 Å². The van der Waals surface area contributed by atoms with Crippen molar-refractivity contribution in [3.05, 3.63) is 0 Å². The summed E-state index contributed by atoms with van der Waals surface area (Å²) in [6.45, 7) is 4.58. The van der Waals surface area contributed by atoms with Crippen LogP contribution in [0.15, 0.2) is 0 Å². The normalized spacial score (nSPS) is 11.6. The molecule has 0 bridgehead atoms. The van der Waals surface area contributed by atoms with E-state index >= 15 is 0 Å². The highest BCUT2D eigenvalue weighted by Crippen LogP contribution is 1.84. The summed E-state index contributed by atoms with van der Waals surface area (Å²) < 4.78 is 27.3. The summed E-state index contributed by atoms with van der Waals surface area (Å²) in [5, 5.41) is 0. The fourth-order valence-electron chi connectivity index (χ4n) is 0.847. The molecule has 0 aromatic rings. The first-order chi connectivity index (χ1) is 7.41. The Morgan fingerprint density at radius 2 is 1.50 bits per heavy atom. The average Bonchev–Trinajstić information content (AvgIpc) is 2.26. The summed E-state index contributed by atoms with van der Waals surface area (Å²) in [5.41, 5.74) is 0. The van der Waals surface area contributed by atoms with Crippen molar-refractivity contribution >= 4 is 0 Å². The molecule has 0 atom stereocenters. The van der Waals surface area contributed by atoms with Gasteiger partial charge in [-0.1, -0.05) is 0 Å². The smallest absolute Gasteiger partial charge is 0.0701 e. The van der Waals surface area contributed by atoms with E-state index in [9.17, 15) is 0 Å². The Morgan fingerprint density at radius 1 is 0.857 bits per heavy atom. The number of ether oxygens (including phenoxy) is 4. The van der Waals surface area contributed by atoms with Crippen LogP contribution in [0.25, 0.3) is 0 Å². The van der Waals surface area contributed by atoms with Gasteiger partial charge in [-0.3, -0.25) is 0 Å². The second kappa shape index (κ2) is 12.8. The van der Waals surface area contributed by atoms with E-state index in [1.54, 1.807) is 7.11 Å². The molecule has 0 aliphatic heterocycles. The Bertz CT molecular complexity index is 102. The molecule has 0 saturated heterocycles. The van der Waals surface area contributed by atoms with Crippen molar-refractivity contribution in [1.82, 2.24) is 0 Å². The topological polar surface area (TPSA) is 36.9 Å². The minimum absolute atomic E-state index is 0.308. The third kappa shape index (κ3) is 11.8. The van der Waals surface area contributed by atoms with E-state index in [2.05, 4.69) is 0 Å². The lowest BCUT2D eigenvalue weighted by atomic mass is 10.5. The van der Waals surface area contributed by atoms with E-state index in [-0.39, 0.29) is 0 Å². The van der Waals surface area contributed by atoms with E-state index in [0.29, 0.717) is 46.5 Å². The van der Waals surface area contributed by atoms with E-state index in [4.69, 9.17) is 20.3 Å². The van der Waals surface area contributed by atoms with Gasteiger partial charge in [-0.05, 0) is 13.3 Å². The molecule has 0 aromatic heterocycles. The maximum absolute atomic E-state index is 6.83. The molecule has 86 valence electrons. The van der Waals surface area contributed by atoms with Crippen LogP contribution in [0.1, 0.15) is 14.7 Å². The molecule has 0 unspecified atom stereocenters. The van der Waals surface area contributed by atoms with Crippen molar-refractivity contribution in [3.63, 3.8) is 0 Å². The first-order valence-corrected chi connectivity index (χ1v) is 4.93. The highest BCUT2D eigenvalue weighted by atomic mass is 16.5. The third-order valence-electron chi connectivity index (χ3n) is 1.53. The summed E-state index contributed by atoms with van der Waals surface area (Å²) in [6, 6.07) is 0. The number of hydrogen-bond donors (Lipinski definition) is 0. The first kappa shape index (κ1) is 11.9. The summed E-state index contributed by atoms with van der Waals surface area (Å²) in [5.74, 6) is 0. The Kier molecular flexibility index (Phi) is 10.9. The third-order valence-corrected chi connectivity index (χ3v) is 1.53. The zero-order chi connectivity index (χ0) is 11.2. The molecule has 0 rings (SSSR count). The number of rotatable bonds is 11. The van der Waals surface area contributed by atoms with E-state index in [1.807, 2.05) is 0 Å². The molecule has 0 aliphatic rings. The standard InChI is InChI=1S/C10H22O4/c1-3-12-7-8-14-10-9-13-6-4-5-11-2/h3-10H2,1-2H3/i1T. The molecule has 0 N–H and O–H groups in total. The largest absolute Gasteiger partial charge is 0.385 e. The fourth-order valence-corrected chi connectivity index (χ4v) is 0.847. The first-order valence-electron chi connectivity index (χ1n) is 5.64. The second-order valence-corrected chi connectivity index (χ2v) is 2.68. The molecule has 0 amide bonds. The summed E-state index contributed by atoms with van der Waals surface area (Å²) in [4.78, 5) is 0. The van der Waals surface area contributed by atoms with Gasteiger partial charge in [-0.25, -0.2) is 0 Å². The molecule has 4 nitrogen and oxygen atoms in total. The van der Waals surface area contributed by atoms with Gasteiger partial charge in [-0.15, -0.1) is 0 Å². The lowest BCUT2D eigenvalue weighted by Crippen LogP contribution is -2.10. The van der Waals surface area contributed by atoms with Gasteiger partial charge in [0.15, 0.2) is 0 Å². The van der Waals surface area contributed by atoms with Crippen LogP contribution >= 0.6 is 0 Å². The van der Waals surface area contributed by atoms with Gasteiger partial charge < -0.3 is 18.9 Å². The predicted molar refractivity (Wildman–Crippen MR) is 54.6 cm³/mol. The quantitative estimate of drug-likeness (QED) is 0.476. The molecule has 0 radical (unpaired) electrons. The molecule has 4 heteroatoms. The Hall–Kier alpha value is -0.160. The van der Waals surface area contributed by atoms with Crippen LogP contribution in [0, 0.1) is 0 Å². The number of hydrogen-bond acceptors (Lipinski definition) is 4. The van der Waals surface area contributed by atoms with Crippen molar-refractivity contribution in [2.45, 2.75) is 13.3 Å². The zero-order valence-corrected chi connectivity index (χ0v) is 9.00. The van der Waals surface area contributed by atoms with Crippen molar-refractivity contribution in [3.8, 4) is 0 Å². The Balaban J connectivity index is 2.81. The van der Waals surface area contributed by atoms with Gasteiger partial charge in [0.05, 0.1) is 26.4 Å². The summed E-state index contributed by atoms with van der Waals surface area (Å²) >= 11 is 0. The molecule has 0 fully saturated rings. The van der Waals surface area contributed by atoms with E-state index in [1.165, 1.54) is 0 Å². The lowest BCUT2D eigenvalue weighted by Gasteiger charge is -2.05. The van der Waals surface area contributed by atoms with Crippen LogP contribution in [-0.2, 0) is 18.9 Å². The molecule has 0 spiro atoms. The molecule has 14 heavy (non-hydrogen) atoms. The summed E-state index contributed by atoms with van der Waals surface area (Å²) in [7, 11) is 1.68. The molecule has 0 aromatic carbocycles. The van der Waals surface area contributed by atoms with Gasteiger partial charge in [0.25, 0.3) is 0 Å². The maximum Gasteiger partial charge on any atom is 0.0701 e. The monoisotopic (exact) mass is 208 g/mol. The molecule has 0 saturated carbocycles. The molecular weight excluding hydrogens is 184 g/mol. The van der Waals surface area contributed by atoms with Crippen LogP contribution < -0.4 is 0 Å². The van der Waals surface area contributed by atoms with E-state index in [0.717, 1.165) is 13.0 Å². The fraction of sp³-hybridized carbons (Fsp3) is 1.00. The number of methoxy groups -OCH3 is 1. The average molecular weight is 208 g/mol. The lowest BCUT2D eigenvalue weighted by molar-refractivity contribution is 0.0135. The van der Waals surface area contributed by atoms with Gasteiger partial charge in [-0.2, -0.15) is 0 Å². The predicted octanol–water partition coefficient (Wildman–Crippen LogP) is 1.09. The van der Waals surface area contributed by atoms with Crippen LogP contribution in [0.5, 0.6) is 0 Å². The summed E-state index contributed by atoms with van der Waals surface area (Å²) in [6.07, 6.45) is 0.920. The molecule has 0 aliphatic carbocycles. The SMILES string of the molecule is [3H]CCOCCOCCOCCCOC. The molecular formula is C10H22O4. The second-order valence-electron chi connectivity index (χ2n) is 2.68.